The second-order valence-corrected chi connectivity index (χ2v) is 4.61. The van der Waals surface area contributed by atoms with E-state index in [1.807, 2.05) is 0 Å². The maximum atomic E-state index is 12.8. The largest absolute Gasteiger partial charge is 0.365 e. The van der Waals surface area contributed by atoms with Gasteiger partial charge < -0.3 is 11.1 Å². The summed E-state index contributed by atoms with van der Waals surface area (Å²) >= 11 is 1.05. The van der Waals surface area contributed by atoms with Crippen LogP contribution in [-0.2, 0) is 13.6 Å². The highest BCUT2D eigenvalue weighted by molar-refractivity contribution is 7.10. The zero-order valence-electron chi connectivity index (χ0n) is 9.51. The van der Waals surface area contributed by atoms with Crippen LogP contribution in [0.1, 0.15) is 15.2 Å². The summed E-state index contributed by atoms with van der Waals surface area (Å²) in [5.74, 6) is -0.133. The van der Waals surface area contributed by atoms with Gasteiger partial charge >= 0.3 is 0 Å². The van der Waals surface area contributed by atoms with E-state index in [1.54, 1.807) is 19.3 Å². The minimum atomic E-state index is -0.544. The second-order valence-electron chi connectivity index (χ2n) is 3.49. The van der Waals surface area contributed by atoms with Crippen molar-refractivity contribution in [3.05, 3.63) is 33.9 Å². The summed E-state index contributed by atoms with van der Waals surface area (Å²) in [6.45, 7) is 0.409. The fourth-order valence-corrected chi connectivity index (χ4v) is 2.08. The molecule has 2 rings (SSSR count). The van der Waals surface area contributed by atoms with E-state index >= 15 is 0 Å². The van der Waals surface area contributed by atoms with Crippen molar-refractivity contribution in [3.8, 4) is 0 Å². The Hall–Kier alpha value is -1.60. The van der Waals surface area contributed by atoms with Crippen LogP contribution in [0.25, 0.3) is 0 Å². The van der Waals surface area contributed by atoms with Crippen molar-refractivity contribution in [2.75, 3.05) is 5.32 Å². The van der Waals surface area contributed by atoms with Crippen LogP contribution < -0.4 is 11.1 Å². The van der Waals surface area contributed by atoms with Crippen molar-refractivity contribution in [1.29, 1.82) is 0 Å². The highest BCUT2D eigenvalue weighted by atomic mass is 35.5. The molecule has 0 saturated carbocycles. The van der Waals surface area contributed by atoms with Crippen LogP contribution in [0.4, 0.5) is 10.2 Å². The van der Waals surface area contributed by atoms with Gasteiger partial charge in [0.1, 0.15) is 5.56 Å². The van der Waals surface area contributed by atoms with Gasteiger partial charge in [0.2, 0.25) is 0 Å². The lowest BCUT2D eigenvalue weighted by atomic mass is 10.3. The van der Waals surface area contributed by atoms with Crippen LogP contribution in [0.3, 0.4) is 0 Å². The first-order chi connectivity index (χ1) is 8.06. The number of nitrogens with zero attached hydrogens (tertiary/aromatic N) is 2. The zero-order chi connectivity index (χ0) is 12.4. The minimum Gasteiger partial charge on any atom is -0.365 e. The molecule has 18 heavy (non-hydrogen) atoms. The molecule has 1 amide bonds. The van der Waals surface area contributed by atoms with Gasteiger partial charge in [-0.15, -0.1) is 23.7 Å². The normalized spacial score (nSPS) is 9.89. The molecule has 0 bridgehead atoms. The number of halogens is 2. The standard InChI is InChI=1S/C10H11FN4OS.ClH/c1-15-5-7(9(12)16)10(14-15)13-4-6-2-3-8(11)17-6;/h2-3,5H,4H2,1H3,(H2,12,16)(H,13,14);1H. The number of carbonyl (C=O) groups is 1. The molecular weight excluding hydrogens is 279 g/mol. The lowest BCUT2D eigenvalue weighted by molar-refractivity contribution is 0.100. The Morgan fingerprint density at radius 1 is 1.61 bits per heavy atom. The Bertz CT molecular complexity index is 554. The number of carbonyl (C=O) groups excluding carboxylic acids is 1. The molecule has 0 radical (unpaired) electrons. The molecule has 2 aromatic rings. The van der Waals surface area contributed by atoms with E-state index < -0.39 is 5.91 Å². The molecule has 8 heteroatoms. The number of thiophene rings is 1. The highest BCUT2D eigenvalue weighted by Gasteiger charge is 2.12. The monoisotopic (exact) mass is 290 g/mol. The first kappa shape index (κ1) is 14.5. The molecule has 0 unspecified atom stereocenters. The van der Waals surface area contributed by atoms with E-state index in [0.717, 1.165) is 16.2 Å². The fourth-order valence-electron chi connectivity index (χ4n) is 1.42. The molecule has 2 heterocycles. The van der Waals surface area contributed by atoms with Crippen molar-refractivity contribution < 1.29 is 9.18 Å². The van der Waals surface area contributed by atoms with E-state index in [0.29, 0.717) is 17.9 Å². The number of primary amides is 1. The third-order valence-corrected chi connectivity index (χ3v) is 3.03. The van der Waals surface area contributed by atoms with Gasteiger partial charge in [0, 0.05) is 18.1 Å². The minimum absolute atomic E-state index is 0. The Labute approximate surface area is 113 Å². The summed E-state index contributed by atoms with van der Waals surface area (Å²) in [6.07, 6.45) is 1.54. The first-order valence-corrected chi connectivity index (χ1v) is 5.69. The maximum Gasteiger partial charge on any atom is 0.254 e. The third kappa shape index (κ3) is 3.21. The predicted molar refractivity (Wildman–Crippen MR) is 70.6 cm³/mol. The number of hydrogen-bond acceptors (Lipinski definition) is 4. The molecule has 0 fully saturated rings. The number of anilines is 1. The van der Waals surface area contributed by atoms with Crippen LogP contribution in [-0.4, -0.2) is 15.7 Å². The topological polar surface area (TPSA) is 72.9 Å². The van der Waals surface area contributed by atoms with Gasteiger partial charge in [-0.05, 0) is 12.1 Å². The molecule has 0 atom stereocenters. The van der Waals surface area contributed by atoms with Crippen molar-refractivity contribution in [3.63, 3.8) is 0 Å². The van der Waals surface area contributed by atoms with Crippen LogP contribution in [0.5, 0.6) is 0 Å². The number of nitrogens with one attached hydrogen (secondary N) is 1. The third-order valence-electron chi connectivity index (χ3n) is 2.15. The van der Waals surface area contributed by atoms with E-state index in [-0.39, 0.29) is 17.5 Å². The number of hydrogen-bond donors (Lipinski definition) is 2. The Morgan fingerprint density at radius 2 is 2.33 bits per heavy atom. The molecule has 0 aliphatic rings. The van der Waals surface area contributed by atoms with E-state index in [2.05, 4.69) is 10.4 Å². The molecule has 5 nitrogen and oxygen atoms in total. The van der Waals surface area contributed by atoms with Crippen LogP contribution >= 0.6 is 23.7 Å². The molecule has 98 valence electrons. The van der Waals surface area contributed by atoms with E-state index in [4.69, 9.17) is 5.73 Å². The van der Waals surface area contributed by atoms with Crippen molar-refractivity contribution in [1.82, 2.24) is 9.78 Å². The smallest absolute Gasteiger partial charge is 0.254 e. The summed E-state index contributed by atoms with van der Waals surface area (Å²) in [6, 6.07) is 3.08. The molecule has 0 aliphatic heterocycles. The Kier molecular flexibility index (Phi) is 4.69. The van der Waals surface area contributed by atoms with Crippen molar-refractivity contribution in [2.24, 2.45) is 12.8 Å². The summed E-state index contributed by atoms with van der Waals surface area (Å²) < 4.78 is 14.3. The summed E-state index contributed by atoms with van der Waals surface area (Å²) in [7, 11) is 1.70. The predicted octanol–water partition coefficient (Wildman–Crippen LogP) is 1.75. The molecule has 3 N–H and O–H groups in total. The second kappa shape index (κ2) is 5.83. The summed E-state index contributed by atoms with van der Waals surface area (Å²) in [4.78, 5) is 11.9. The van der Waals surface area contributed by atoms with Crippen molar-refractivity contribution >= 4 is 35.5 Å². The van der Waals surface area contributed by atoms with Gasteiger partial charge in [0.05, 0.1) is 6.54 Å². The van der Waals surface area contributed by atoms with Gasteiger partial charge in [-0.1, -0.05) is 0 Å². The van der Waals surface area contributed by atoms with E-state index in [1.165, 1.54) is 10.7 Å². The van der Waals surface area contributed by atoms with Gasteiger partial charge in [-0.3, -0.25) is 9.48 Å². The van der Waals surface area contributed by atoms with Crippen LogP contribution in [0.2, 0.25) is 0 Å². The maximum absolute atomic E-state index is 12.8. The number of aromatic nitrogens is 2. The van der Waals surface area contributed by atoms with Crippen LogP contribution in [0, 0.1) is 5.13 Å². The van der Waals surface area contributed by atoms with Gasteiger partial charge in [-0.25, -0.2) is 0 Å². The quantitative estimate of drug-likeness (QED) is 0.901. The Balaban J connectivity index is 0.00000162. The highest BCUT2D eigenvalue weighted by Crippen LogP contribution is 2.17. The molecule has 0 aromatic carbocycles. The molecule has 0 aliphatic carbocycles. The average molecular weight is 291 g/mol. The molecule has 0 spiro atoms. The lowest BCUT2D eigenvalue weighted by Crippen LogP contribution is -2.13. The number of rotatable bonds is 4. The SMILES string of the molecule is Cl.Cn1cc(C(N)=O)c(NCc2ccc(F)s2)n1. The zero-order valence-corrected chi connectivity index (χ0v) is 11.1. The number of nitrogens with two attached hydrogens (primary N) is 1. The van der Waals surface area contributed by atoms with Gasteiger partial charge in [0.15, 0.2) is 10.9 Å². The summed E-state index contributed by atoms with van der Waals surface area (Å²) in [5.41, 5.74) is 5.53. The molecular formula is C10H12ClFN4OS. The first-order valence-electron chi connectivity index (χ1n) is 4.88. The fraction of sp³-hybridized carbons (Fsp3) is 0.200. The average Bonchev–Trinajstić information content (AvgIpc) is 2.82. The summed E-state index contributed by atoms with van der Waals surface area (Å²) in [5, 5.41) is 6.79. The lowest BCUT2D eigenvalue weighted by Gasteiger charge is -2.01. The van der Waals surface area contributed by atoms with Crippen LogP contribution in [0.15, 0.2) is 18.3 Å². The molecule has 0 saturated heterocycles. The van der Waals surface area contributed by atoms with Crippen molar-refractivity contribution in [2.45, 2.75) is 6.54 Å². The van der Waals surface area contributed by atoms with E-state index in [9.17, 15) is 9.18 Å². The van der Waals surface area contributed by atoms with Gasteiger partial charge in [-0.2, -0.15) is 9.49 Å². The van der Waals surface area contributed by atoms with Gasteiger partial charge in [0.25, 0.3) is 5.91 Å². The number of aryl methyl sites for hydroxylation is 1. The molecule has 2 aromatic heterocycles. The number of amides is 1. The Morgan fingerprint density at radius 3 is 2.89 bits per heavy atom.